The summed E-state index contributed by atoms with van der Waals surface area (Å²) in [4.78, 5) is 30.5. The minimum absolute atomic E-state index is 0.0820. The van der Waals surface area contributed by atoms with Gasteiger partial charge in [-0.25, -0.2) is 4.79 Å². The number of likely N-dealkylation sites (tertiary alicyclic amines) is 1. The van der Waals surface area contributed by atoms with Gasteiger partial charge >= 0.3 is 6.09 Å². The number of aryl methyl sites for hydroxylation is 1. The van der Waals surface area contributed by atoms with Gasteiger partial charge in [-0.05, 0) is 44.4 Å². The van der Waals surface area contributed by atoms with Crippen LogP contribution in [0.1, 0.15) is 25.3 Å². The zero-order valence-corrected chi connectivity index (χ0v) is 17.0. The summed E-state index contributed by atoms with van der Waals surface area (Å²) in [7, 11) is 0. The van der Waals surface area contributed by atoms with E-state index in [9.17, 15) is 9.59 Å². The van der Waals surface area contributed by atoms with Crippen molar-refractivity contribution in [1.82, 2.24) is 15.1 Å². The Labute approximate surface area is 167 Å². The van der Waals surface area contributed by atoms with Crippen LogP contribution in [0.25, 0.3) is 0 Å². The highest BCUT2D eigenvalue weighted by atomic mass is 16.6. The van der Waals surface area contributed by atoms with E-state index in [0.717, 1.165) is 39.0 Å². The van der Waals surface area contributed by atoms with Crippen LogP contribution in [0.3, 0.4) is 0 Å². The third-order valence-electron chi connectivity index (χ3n) is 5.49. The standard InChI is InChI=1S/C21H32N4O3/c1-3-28-21(27)25-9-7-18(8-10-25)22-20(26)16-23-11-13-24(14-12-23)19-6-4-5-17(2)15-19/h4-6,15,18H,3,7-14,16H2,1-2H3,(H,22,26). The topological polar surface area (TPSA) is 65.1 Å². The van der Waals surface area contributed by atoms with Crippen LogP contribution in [0.5, 0.6) is 0 Å². The molecule has 1 aromatic rings. The van der Waals surface area contributed by atoms with Gasteiger partial charge in [0.25, 0.3) is 0 Å². The molecule has 3 rings (SSSR count). The maximum atomic E-state index is 12.4. The summed E-state index contributed by atoms with van der Waals surface area (Å²) in [5.74, 6) is 0.0820. The SMILES string of the molecule is CCOC(=O)N1CCC(NC(=O)CN2CCN(c3cccc(C)c3)CC2)CC1. The van der Waals surface area contributed by atoms with E-state index in [0.29, 0.717) is 26.2 Å². The number of benzene rings is 1. The second kappa shape index (κ2) is 9.78. The summed E-state index contributed by atoms with van der Waals surface area (Å²) in [6, 6.07) is 8.72. The molecule has 2 saturated heterocycles. The summed E-state index contributed by atoms with van der Waals surface area (Å²) in [6.07, 6.45) is 1.32. The Kier molecular flexibility index (Phi) is 7.14. The molecule has 0 bridgehead atoms. The summed E-state index contributed by atoms with van der Waals surface area (Å²) >= 11 is 0. The molecule has 0 radical (unpaired) electrons. The van der Waals surface area contributed by atoms with E-state index in [-0.39, 0.29) is 18.0 Å². The maximum Gasteiger partial charge on any atom is 0.409 e. The Balaban J connectivity index is 1.37. The lowest BCUT2D eigenvalue weighted by molar-refractivity contribution is -0.123. The molecule has 2 aliphatic rings. The van der Waals surface area contributed by atoms with Crippen molar-refractivity contribution < 1.29 is 14.3 Å². The van der Waals surface area contributed by atoms with Crippen molar-refractivity contribution in [3.8, 4) is 0 Å². The van der Waals surface area contributed by atoms with Gasteiger partial charge in [0.2, 0.25) is 5.91 Å². The van der Waals surface area contributed by atoms with Gasteiger partial charge in [-0.2, -0.15) is 0 Å². The molecule has 154 valence electrons. The smallest absolute Gasteiger partial charge is 0.409 e. The molecule has 2 fully saturated rings. The number of anilines is 1. The fraction of sp³-hybridized carbons (Fsp3) is 0.619. The highest BCUT2D eigenvalue weighted by molar-refractivity contribution is 5.78. The fourth-order valence-corrected chi connectivity index (χ4v) is 3.89. The second-order valence-electron chi connectivity index (χ2n) is 7.63. The van der Waals surface area contributed by atoms with Crippen LogP contribution >= 0.6 is 0 Å². The predicted molar refractivity (Wildman–Crippen MR) is 110 cm³/mol. The fourth-order valence-electron chi connectivity index (χ4n) is 3.89. The molecule has 0 unspecified atom stereocenters. The number of rotatable bonds is 5. The molecule has 0 aromatic heterocycles. The van der Waals surface area contributed by atoms with Crippen LogP contribution in [0.4, 0.5) is 10.5 Å². The van der Waals surface area contributed by atoms with Crippen molar-refractivity contribution in [3.63, 3.8) is 0 Å². The van der Waals surface area contributed by atoms with E-state index in [2.05, 4.69) is 46.3 Å². The number of piperazine rings is 1. The Hall–Kier alpha value is -2.28. The lowest BCUT2D eigenvalue weighted by atomic mass is 10.1. The molecule has 0 saturated carbocycles. The normalized spacial score (nSPS) is 18.8. The van der Waals surface area contributed by atoms with Gasteiger partial charge in [-0.3, -0.25) is 9.69 Å². The Morgan fingerprint density at radius 2 is 1.82 bits per heavy atom. The number of hydrogen-bond donors (Lipinski definition) is 1. The highest BCUT2D eigenvalue weighted by Crippen LogP contribution is 2.18. The number of hydrogen-bond acceptors (Lipinski definition) is 5. The Morgan fingerprint density at radius 1 is 1.11 bits per heavy atom. The molecule has 2 heterocycles. The molecule has 2 aliphatic heterocycles. The van der Waals surface area contributed by atoms with Crippen molar-refractivity contribution in [2.75, 3.05) is 57.3 Å². The van der Waals surface area contributed by atoms with Gasteiger partial charge in [0.15, 0.2) is 0 Å². The maximum absolute atomic E-state index is 12.4. The number of nitrogens with one attached hydrogen (secondary N) is 1. The third-order valence-corrected chi connectivity index (χ3v) is 5.49. The number of piperidine rings is 1. The number of carbonyl (C=O) groups is 2. The molecule has 7 nitrogen and oxygen atoms in total. The second-order valence-corrected chi connectivity index (χ2v) is 7.63. The number of amides is 2. The van der Waals surface area contributed by atoms with Crippen molar-refractivity contribution >= 4 is 17.7 Å². The van der Waals surface area contributed by atoms with Gasteiger partial charge in [0, 0.05) is 51.0 Å². The van der Waals surface area contributed by atoms with E-state index in [1.165, 1.54) is 11.3 Å². The molecule has 28 heavy (non-hydrogen) atoms. The summed E-state index contributed by atoms with van der Waals surface area (Å²) in [5, 5.41) is 3.14. The average molecular weight is 389 g/mol. The van der Waals surface area contributed by atoms with Crippen LogP contribution in [0, 0.1) is 6.92 Å². The number of carbonyl (C=O) groups excluding carboxylic acids is 2. The quantitative estimate of drug-likeness (QED) is 0.834. The molecule has 2 amide bonds. The predicted octanol–water partition coefficient (Wildman–Crippen LogP) is 1.85. The van der Waals surface area contributed by atoms with Gasteiger partial charge in [-0.15, -0.1) is 0 Å². The summed E-state index contributed by atoms with van der Waals surface area (Å²) in [5.41, 5.74) is 2.53. The van der Waals surface area contributed by atoms with E-state index >= 15 is 0 Å². The molecular weight excluding hydrogens is 356 g/mol. The Bertz CT molecular complexity index is 665. The van der Waals surface area contributed by atoms with Gasteiger partial charge in [0.05, 0.1) is 13.2 Å². The van der Waals surface area contributed by atoms with Crippen molar-refractivity contribution in [2.24, 2.45) is 0 Å². The third kappa shape index (κ3) is 5.61. The van der Waals surface area contributed by atoms with Crippen LogP contribution in [0.15, 0.2) is 24.3 Å². The van der Waals surface area contributed by atoms with E-state index in [1.54, 1.807) is 4.90 Å². The molecule has 0 atom stereocenters. The van der Waals surface area contributed by atoms with Gasteiger partial charge < -0.3 is 19.9 Å². The van der Waals surface area contributed by atoms with E-state index in [4.69, 9.17) is 4.74 Å². The number of ether oxygens (including phenoxy) is 1. The van der Waals surface area contributed by atoms with E-state index in [1.807, 2.05) is 6.92 Å². The molecule has 1 N–H and O–H groups in total. The zero-order chi connectivity index (χ0) is 19.9. The van der Waals surface area contributed by atoms with Crippen LogP contribution in [-0.4, -0.2) is 80.3 Å². The van der Waals surface area contributed by atoms with Gasteiger partial charge in [-0.1, -0.05) is 12.1 Å². The van der Waals surface area contributed by atoms with Crippen molar-refractivity contribution in [2.45, 2.75) is 32.7 Å². The first-order valence-corrected chi connectivity index (χ1v) is 10.3. The van der Waals surface area contributed by atoms with Crippen LogP contribution < -0.4 is 10.2 Å². The first-order valence-electron chi connectivity index (χ1n) is 10.3. The first kappa shape index (κ1) is 20.5. The molecule has 0 aliphatic carbocycles. The largest absolute Gasteiger partial charge is 0.450 e. The van der Waals surface area contributed by atoms with Gasteiger partial charge in [0.1, 0.15) is 0 Å². The molecule has 0 spiro atoms. The van der Waals surface area contributed by atoms with Crippen molar-refractivity contribution in [1.29, 1.82) is 0 Å². The number of nitrogens with zero attached hydrogens (tertiary/aromatic N) is 3. The molecule has 7 heteroatoms. The monoisotopic (exact) mass is 388 g/mol. The molecule has 1 aromatic carbocycles. The average Bonchev–Trinajstić information content (AvgIpc) is 2.69. The lowest BCUT2D eigenvalue weighted by Crippen LogP contribution is -2.52. The van der Waals surface area contributed by atoms with Crippen LogP contribution in [0.2, 0.25) is 0 Å². The van der Waals surface area contributed by atoms with E-state index < -0.39 is 0 Å². The summed E-state index contributed by atoms with van der Waals surface area (Å²) in [6.45, 7) is 9.70. The van der Waals surface area contributed by atoms with Crippen LogP contribution in [-0.2, 0) is 9.53 Å². The lowest BCUT2D eigenvalue weighted by Gasteiger charge is -2.36. The summed E-state index contributed by atoms with van der Waals surface area (Å²) < 4.78 is 5.03. The zero-order valence-electron chi connectivity index (χ0n) is 17.0. The highest BCUT2D eigenvalue weighted by Gasteiger charge is 2.25. The Morgan fingerprint density at radius 3 is 2.46 bits per heavy atom. The minimum atomic E-state index is -0.251. The molecular formula is C21H32N4O3. The first-order chi connectivity index (χ1) is 13.5. The minimum Gasteiger partial charge on any atom is -0.450 e. The van der Waals surface area contributed by atoms with Crippen molar-refractivity contribution in [3.05, 3.63) is 29.8 Å².